The standard InChI is InChI=1S/C23H27NO3/c1-17-13-15-24(16-14-17)22(25)18(2)27-23(26)21(19-9-5-3-6-10-19)20-11-7-4-8-12-20/h3-12,17-18,21H,13-16H2,1-2H3. The van der Waals surface area contributed by atoms with E-state index in [1.165, 1.54) is 0 Å². The molecular weight excluding hydrogens is 338 g/mol. The summed E-state index contributed by atoms with van der Waals surface area (Å²) in [6, 6.07) is 19.1. The lowest BCUT2D eigenvalue weighted by Gasteiger charge is -2.32. The van der Waals surface area contributed by atoms with Crippen LogP contribution in [-0.2, 0) is 14.3 Å². The third-order valence-corrected chi connectivity index (χ3v) is 5.24. The molecule has 2 aromatic rings. The molecule has 1 saturated heterocycles. The highest BCUT2D eigenvalue weighted by Gasteiger charge is 2.30. The summed E-state index contributed by atoms with van der Waals surface area (Å²) in [5.74, 6) is -0.384. The lowest BCUT2D eigenvalue weighted by atomic mass is 9.91. The van der Waals surface area contributed by atoms with E-state index in [1.807, 2.05) is 65.6 Å². The van der Waals surface area contributed by atoms with E-state index >= 15 is 0 Å². The molecule has 0 aromatic heterocycles. The lowest BCUT2D eigenvalue weighted by molar-refractivity contribution is -0.160. The van der Waals surface area contributed by atoms with Crippen molar-refractivity contribution in [2.45, 2.75) is 38.7 Å². The highest BCUT2D eigenvalue weighted by molar-refractivity contribution is 5.87. The molecule has 27 heavy (non-hydrogen) atoms. The van der Waals surface area contributed by atoms with Gasteiger partial charge in [0.15, 0.2) is 6.10 Å². The van der Waals surface area contributed by atoms with Gasteiger partial charge in [-0.1, -0.05) is 67.6 Å². The number of esters is 1. The quantitative estimate of drug-likeness (QED) is 0.752. The zero-order valence-electron chi connectivity index (χ0n) is 16.0. The average Bonchev–Trinajstić information content (AvgIpc) is 2.70. The molecule has 2 aromatic carbocycles. The molecular formula is C23H27NO3. The van der Waals surface area contributed by atoms with Crippen LogP contribution < -0.4 is 0 Å². The van der Waals surface area contributed by atoms with Crippen LogP contribution in [0.15, 0.2) is 60.7 Å². The van der Waals surface area contributed by atoms with Crippen molar-refractivity contribution >= 4 is 11.9 Å². The fraction of sp³-hybridized carbons (Fsp3) is 0.391. The minimum atomic E-state index is -0.777. The maximum Gasteiger partial charge on any atom is 0.318 e. The van der Waals surface area contributed by atoms with Gasteiger partial charge in [-0.3, -0.25) is 9.59 Å². The van der Waals surface area contributed by atoms with Crippen LogP contribution in [0.5, 0.6) is 0 Å². The zero-order valence-corrected chi connectivity index (χ0v) is 16.0. The molecule has 0 N–H and O–H groups in total. The van der Waals surface area contributed by atoms with Crippen LogP contribution in [0.3, 0.4) is 0 Å². The second-order valence-electron chi connectivity index (χ2n) is 7.34. The smallest absolute Gasteiger partial charge is 0.318 e. The molecule has 1 amide bonds. The van der Waals surface area contributed by atoms with Gasteiger partial charge in [-0.25, -0.2) is 0 Å². The number of hydrogen-bond acceptors (Lipinski definition) is 3. The Morgan fingerprint density at radius 2 is 1.41 bits per heavy atom. The van der Waals surface area contributed by atoms with Gasteiger partial charge in [0.05, 0.1) is 0 Å². The summed E-state index contributed by atoms with van der Waals surface area (Å²) in [5.41, 5.74) is 1.72. The third kappa shape index (κ3) is 4.76. The molecule has 0 saturated carbocycles. The van der Waals surface area contributed by atoms with E-state index in [0.29, 0.717) is 5.92 Å². The topological polar surface area (TPSA) is 46.6 Å². The highest BCUT2D eigenvalue weighted by Crippen LogP contribution is 2.27. The molecule has 0 bridgehead atoms. The summed E-state index contributed by atoms with van der Waals surface area (Å²) in [7, 11) is 0. The molecule has 1 aliphatic rings. The van der Waals surface area contributed by atoms with Crippen LogP contribution in [-0.4, -0.2) is 36.0 Å². The Morgan fingerprint density at radius 3 is 1.89 bits per heavy atom. The molecule has 1 aliphatic heterocycles. The Labute approximate surface area is 161 Å². The van der Waals surface area contributed by atoms with Crippen LogP contribution in [0.4, 0.5) is 0 Å². The van der Waals surface area contributed by atoms with Crippen molar-refractivity contribution in [3.63, 3.8) is 0 Å². The van der Waals surface area contributed by atoms with Crippen LogP contribution in [0, 0.1) is 5.92 Å². The second-order valence-corrected chi connectivity index (χ2v) is 7.34. The van der Waals surface area contributed by atoms with Gasteiger partial charge < -0.3 is 9.64 Å². The van der Waals surface area contributed by atoms with Gasteiger partial charge in [0, 0.05) is 13.1 Å². The summed E-state index contributed by atoms with van der Waals surface area (Å²) in [6.07, 6.45) is 1.23. The molecule has 1 fully saturated rings. The van der Waals surface area contributed by atoms with E-state index in [1.54, 1.807) is 6.92 Å². The van der Waals surface area contributed by atoms with Crippen molar-refractivity contribution < 1.29 is 14.3 Å². The van der Waals surface area contributed by atoms with Gasteiger partial charge in [-0.2, -0.15) is 0 Å². The van der Waals surface area contributed by atoms with Crippen LogP contribution in [0.2, 0.25) is 0 Å². The van der Waals surface area contributed by atoms with E-state index < -0.39 is 18.0 Å². The van der Waals surface area contributed by atoms with Crippen LogP contribution in [0.25, 0.3) is 0 Å². The Kier molecular flexibility index (Phi) is 6.28. The normalized spacial score (nSPS) is 16.2. The van der Waals surface area contributed by atoms with Gasteiger partial charge in [-0.15, -0.1) is 0 Å². The van der Waals surface area contributed by atoms with Gasteiger partial charge >= 0.3 is 5.97 Å². The number of amides is 1. The molecule has 0 aliphatic carbocycles. The number of carbonyl (C=O) groups is 2. The molecule has 1 atom stereocenters. The number of hydrogen-bond donors (Lipinski definition) is 0. The number of nitrogens with zero attached hydrogens (tertiary/aromatic N) is 1. The molecule has 4 nitrogen and oxygen atoms in total. The first-order valence-corrected chi connectivity index (χ1v) is 9.65. The maximum absolute atomic E-state index is 13.0. The minimum Gasteiger partial charge on any atom is -0.452 e. The summed E-state index contributed by atoms with van der Waals surface area (Å²) in [6.45, 7) is 5.35. The number of benzene rings is 2. The van der Waals surface area contributed by atoms with Gasteiger partial charge in [0.2, 0.25) is 0 Å². The summed E-state index contributed by atoms with van der Waals surface area (Å²) in [4.78, 5) is 27.5. The minimum absolute atomic E-state index is 0.102. The van der Waals surface area contributed by atoms with E-state index in [4.69, 9.17) is 4.74 Å². The van der Waals surface area contributed by atoms with E-state index in [-0.39, 0.29) is 5.91 Å². The monoisotopic (exact) mass is 365 g/mol. The van der Waals surface area contributed by atoms with E-state index in [9.17, 15) is 9.59 Å². The van der Waals surface area contributed by atoms with Crippen LogP contribution in [0.1, 0.15) is 43.7 Å². The first kappa shape index (κ1) is 19.2. The van der Waals surface area contributed by atoms with Crippen molar-refractivity contribution in [2.75, 3.05) is 13.1 Å². The van der Waals surface area contributed by atoms with Crippen molar-refractivity contribution in [1.29, 1.82) is 0 Å². The molecule has 1 unspecified atom stereocenters. The number of rotatable bonds is 5. The second kappa shape index (κ2) is 8.85. The Balaban J connectivity index is 1.74. The summed E-state index contributed by atoms with van der Waals surface area (Å²) in [5, 5.41) is 0. The average molecular weight is 365 g/mol. The highest BCUT2D eigenvalue weighted by atomic mass is 16.5. The summed E-state index contributed by atoms with van der Waals surface area (Å²) < 4.78 is 5.63. The SMILES string of the molecule is CC1CCN(C(=O)C(C)OC(=O)C(c2ccccc2)c2ccccc2)CC1. The largest absolute Gasteiger partial charge is 0.452 e. The lowest BCUT2D eigenvalue weighted by Crippen LogP contribution is -2.44. The van der Waals surface area contributed by atoms with Crippen molar-refractivity contribution in [3.05, 3.63) is 71.8 Å². The Morgan fingerprint density at radius 1 is 0.926 bits per heavy atom. The molecule has 142 valence electrons. The van der Waals surface area contributed by atoms with Crippen molar-refractivity contribution in [3.8, 4) is 0 Å². The molecule has 0 spiro atoms. The first-order chi connectivity index (χ1) is 13.1. The predicted octanol–water partition coefficient (Wildman–Crippen LogP) is 4.01. The summed E-state index contributed by atoms with van der Waals surface area (Å²) >= 11 is 0. The van der Waals surface area contributed by atoms with Gasteiger partial charge in [-0.05, 0) is 36.8 Å². The number of piperidine rings is 1. The maximum atomic E-state index is 13.0. The third-order valence-electron chi connectivity index (χ3n) is 5.24. The van der Waals surface area contributed by atoms with Crippen molar-refractivity contribution in [2.24, 2.45) is 5.92 Å². The fourth-order valence-corrected chi connectivity index (χ4v) is 3.53. The van der Waals surface area contributed by atoms with E-state index in [0.717, 1.165) is 37.1 Å². The Hall–Kier alpha value is -2.62. The Bertz CT molecular complexity index is 712. The number of likely N-dealkylation sites (tertiary alicyclic amines) is 1. The molecule has 0 radical (unpaired) electrons. The molecule has 3 rings (SSSR count). The van der Waals surface area contributed by atoms with Crippen LogP contribution >= 0.6 is 0 Å². The first-order valence-electron chi connectivity index (χ1n) is 9.65. The number of carbonyl (C=O) groups excluding carboxylic acids is 2. The fourth-order valence-electron chi connectivity index (χ4n) is 3.53. The zero-order chi connectivity index (χ0) is 19.2. The molecule has 1 heterocycles. The predicted molar refractivity (Wildman–Crippen MR) is 105 cm³/mol. The van der Waals surface area contributed by atoms with E-state index in [2.05, 4.69) is 6.92 Å². The van der Waals surface area contributed by atoms with Gasteiger partial charge in [0.25, 0.3) is 5.91 Å². The number of ether oxygens (including phenoxy) is 1. The van der Waals surface area contributed by atoms with Crippen molar-refractivity contribution in [1.82, 2.24) is 4.90 Å². The van der Waals surface area contributed by atoms with Gasteiger partial charge in [0.1, 0.15) is 5.92 Å². The molecule has 4 heteroatoms.